The minimum atomic E-state index is -0.426. The normalized spacial score (nSPS) is 18.4. The summed E-state index contributed by atoms with van der Waals surface area (Å²) in [5.74, 6) is 0.106. The molecule has 0 spiro atoms. The van der Waals surface area contributed by atoms with Gasteiger partial charge in [-0.25, -0.2) is 0 Å². The summed E-state index contributed by atoms with van der Waals surface area (Å²) < 4.78 is 7.75. The van der Waals surface area contributed by atoms with E-state index in [4.69, 9.17) is 4.42 Å². The van der Waals surface area contributed by atoms with E-state index in [1.807, 2.05) is 72.4 Å². The van der Waals surface area contributed by atoms with E-state index in [1.165, 1.54) is 0 Å². The van der Waals surface area contributed by atoms with E-state index >= 15 is 0 Å². The van der Waals surface area contributed by atoms with Gasteiger partial charge in [0.15, 0.2) is 0 Å². The van der Waals surface area contributed by atoms with Gasteiger partial charge < -0.3 is 14.2 Å². The smallest absolute Gasteiger partial charge is 0.270 e. The van der Waals surface area contributed by atoms with Gasteiger partial charge in [0.25, 0.3) is 5.91 Å². The Bertz CT molecular complexity index is 1090. The lowest BCUT2D eigenvalue weighted by Gasteiger charge is -2.42. The van der Waals surface area contributed by atoms with Gasteiger partial charge in [-0.1, -0.05) is 51.1 Å². The molecule has 2 amide bonds. The number of amides is 2. The third-order valence-electron chi connectivity index (χ3n) is 6.15. The number of aromatic nitrogens is 1. The molecule has 0 radical (unpaired) electrons. The summed E-state index contributed by atoms with van der Waals surface area (Å²) in [6, 6.07) is 13.8. The molecule has 1 saturated heterocycles. The van der Waals surface area contributed by atoms with Gasteiger partial charge in [-0.3, -0.25) is 14.2 Å². The number of benzene rings is 1. The number of carbonyl (C=O) groups excluding carboxylic acids is 2. The molecule has 1 fully saturated rings. The molecule has 6 nitrogen and oxygen atoms in total. The summed E-state index contributed by atoms with van der Waals surface area (Å²) in [6.07, 6.45) is 1.66. The first kappa shape index (κ1) is 21.2. The molecule has 1 aliphatic rings. The topological polar surface area (TPSA) is 58.7 Å². The number of piperazine rings is 1. The van der Waals surface area contributed by atoms with Crippen molar-refractivity contribution in [3.63, 3.8) is 0 Å². The number of hydrogen-bond acceptors (Lipinski definition) is 3. The van der Waals surface area contributed by atoms with Crippen LogP contribution in [-0.2, 0) is 4.79 Å². The van der Waals surface area contributed by atoms with Gasteiger partial charge in [-0.05, 0) is 31.5 Å². The van der Waals surface area contributed by atoms with Crippen LogP contribution in [0.4, 0.5) is 0 Å². The zero-order chi connectivity index (χ0) is 22.3. The molecule has 3 heterocycles. The summed E-state index contributed by atoms with van der Waals surface area (Å²) in [5, 5.41) is 0.917. The third kappa shape index (κ3) is 3.87. The van der Waals surface area contributed by atoms with Crippen LogP contribution in [0.15, 0.2) is 53.1 Å². The Labute approximate surface area is 183 Å². The predicted octanol–water partition coefficient (Wildman–Crippen LogP) is 4.56. The van der Waals surface area contributed by atoms with Crippen LogP contribution in [-0.4, -0.2) is 51.9 Å². The summed E-state index contributed by atoms with van der Waals surface area (Å²) >= 11 is 0. The molecule has 0 bridgehead atoms. The van der Waals surface area contributed by atoms with Gasteiger partial charge in [-0.2, -0.15) is 0 Å². The maximum absolute atomic E-state index is 13.6. The maximum atomic E-state index is 13.6. The highest BCUT2D eigenvalue weighted by Gasteiger charge is 2.36. The third-order valence-corrected chi connectivity index (χ3v) is 6.15. The first-order valence-corrected chi connectivity index (χ1v) is 10.9. The van der Waals surface area contributed by atoms with E-state index in [2.05, 4.69) is 19.1 Å². The fourth-order valence-electron chi connectivity index (χ4n) is 4.41. The van der Waals surface area contributed by atoms with Crippen molar-refractivity contribution in [1.82, 2.24) is 14.4 Å². The second-order valence-electron chi connectivity index (χ2n) is 9.52. The Morgan fingerprint density at radius 3 is 2.45 bits per heavy atom. The van der Waals surface area contributed by atoms with Crippen molar-refractivity contribution >= 4 is 22.9 Å². The van der Waals surface area contributed by atoms with Crippen LogP contribution < -0.4 is 0 Å². The highest BCUT2D eigenvalue weighted by Crippen LogP contribution is 2.30. The maximum Gasteiger partial charge on any atom is 0.270 e. The van der Waals surface area contributed by atoms with Crippen LogP contribution in [0.5, 0.6) is 0 Å². The van der Waals surface area contributed by atoms with E-state index in [0.29, 0.717) is 31.0 Å². The Morgan fingerprint density at radius 1 is 1.10 bits per heavy atom. The van der Waals surface area contributed by atoms with Crippen LogP contribution in [0, 0.1) is 5.41 Å². The number of nitrogens with zero attached hydrogens (tertiary/aromatic N) is 3. The summed E-state index contributed by atoms with van der Waals surface area (Å²) in [6.45, 7) is 11.5. The Kier molecular flexibility index (Phi) is 5.42. The van der Waals surface area contributed by atoms with Crippen LogP contribution in [0.3, 0.4) is 0 Å². The Balaban J connectivity index is 1.62. The second-order valence-corrected chi connectivity index (χ2v) is 9.52. The monoisotopic (exact) mass is 421 g/mol. The van der Waals surface area contributed by atoms with Gasteiger partial charge in [0.1, 0.15) is 5.69 Å². The quantitative estimate of drug-likeness (QED) is 0.623. The van der Waals surface area contributed by atoms with Gasteiger partial charge >= 0.3 is 0 Å². The first-order valence-electron chi connectivity index (χ1n) is 10.9. The van der Waals surface area contributed by atoms with Crippen molar-refractivity contribution in [2.24, 2.45) is 5.41 Å². The van der Waals surface area contributed by atoms with Crippen molar-refractivity contribution in [1.29, 1.82) is 0 Å². The molecule has 2 atom stereocenters. The summed E-state index contributed by atoms with van der Waals surface area (Å²) in [7, 11) is 0. The minimum absolute atomic E-state index is 0.0242. The molecule has 2 aromatic heterocycles. The van der Waals surface area contributed by atoms with Crippen molar-refractivity contribution in [2.75, 3.05) is 19.6 Å². The molecule has 1 aromatic carbocycles. The highest BCUT2D eigenvalue weighted by molar-refractivity contribution is 5.98. The number of fused-ring (bicyclic) bond motifs is 1. The Morgan fingerprint density at radius 2 is 1.81 bits per heavy atom. The molecule has 0 saturated carbocycles. The molecule has 6 heteroatoms. The first-order chi connectivity index (χ1) is 14.7. The average molecular weight is 422 g/mol. The molecule has 1 aliphatic heterocycles. The molecular weight excluding hydrogens is 390 g/mol. The fraction of sp³-hybridized carbons (Fsp3) is 0.440. The zero-order valence-electron chi connectivity index (χ0n) is 19.0. The highest BCUT2D eigenvalue weighted by atomic mass is 16.3. The van der Waals surface area contributed by atoms with E-state index in [-0.39, 0.29) is 23.9 Å². The van der Waals surface area contributed by atoms with Crippen molar-refractivity contribution < 1.29 is 14.0 Å². The second kappa shape index (κ2) is 7.91. The lowest BCUT2D eigenvalue weighted by molar-refractivity contribution is -0.143. The number of furan rings is 1. The van der Waals surface area contributed by atoms with Crippen LogP contribution in [0.1, 0.15) is 56.7 Å². The van der Waals surface area contributed by atoms with Gasteiger partial charge in [0, 0.05) is 36.5 Å². The molecule has 4 rings (SSSR count). The lowest BCUT2D eigenvalue weighted by Crippen LogP contribution is -2.57. The standard InChI is InChI=1S/C25H31N3O3/c1-17-16-26(12-13-27(17)24(30)25(3,4)5)22(29)21-15-20-11-14-31-23(20)28(21)18(2)19-9-7-6-8-10-19/h6-11,14-15,17-18H,12-13,16H2,1-5H3/t17-,18-/m1/s1. The lowest BCUT2D eigenvalue weighted by atomic mass is 9.93. The zero-order valence-corrected chi connectivity index (χ0v) is 19.0. The molecule has 0 unspecified atom stereocenters. The van der Waals surface area contributed by atoms with Crippen LogP contribution in [0.2, 0.25) is 0 Å². The van der Waals surface area contributed by atoms with Crippen molar-refractivity contribution in [2.45, 2.75) is 46.7 Å². The van der Waals surface area contributed by atoms with E-state index in [0.717, 1.165) is 10.9 Å². The summed E-state index contributed by atoms with van der Waals surface area (Å²) in [4.78, 5) is 30.1. The van der Waals surface area contributed by atoms with Gasteiger partial charge in [0.05, 0.1) is 12.3 Å². The molecule has 3 aromatic rings. The number of rotatable bonds is 3. The van der Waals surface area contributed by atoms with Gasteiger partial charge in [-0.15, -0.1) is 0 Å². The average Bonchev–Trinajstić information content (AvgIpc) is 3.33. The number of carbonyl (C=O) groups is 2. The largest absolute Gasteiger partial charge is 0.448 e. The predicted molar refractivity (Wildman–Crippen MR) is 121 cm³/mol. The SMILES string of the molecule is C[C@@H]1CN(C(=O)c2cc3ccoc3n2[C@H](C)c2ccccc2)CCN1C(=O)C(C)(C)C. The molecule has 31 heavy (non-hydrogen) atoms. The van der Waals surface area contributed by atoms with Crippen LogP contribution >= 0.6 is 0 Å². The number of hydrogen-bond donors (Lipinski definition) is 0. The molecular formula is C25H31N3O3. The van der Waals surface area contributed by atoms with Gasteiger partial charge in [0.2, 0.25) is 11.6 Å². The molecule has 0 N–H and O–H groups in total. The molecule has 0 aliphatic carbocycles. The van der Waals surface area contributed by atoms with E-state index in [1.54, 1.807) is 6.26 Å². The minimum Gasteiger partial charge on any atom is -0.448 e. The van der Waals surface area contributed by atoms with Crippen molar-refractivity contribution in [3.8, 4) is 0 Å². The van der Waals surface area contributed by atoms with E-state index in [9.17, 15) is 9.59 Å². The van der Waals surface area contributed by atoms with Crippen LogP contribution in [0.25, 0.3) is 11.1 Å². The summed E-state index contributed by atoms with van der Waals surface area (Å²) in [5.41, 5.74) is 2.01. The van der Waals surface area contributed by atoms with Crippen molar-refractivity contribution in [3.05, 3.63) is 60.0 Å². The fourth-order valence-corrected chi connectivity index (χ4v) is 4.41. The van der Waals surface area contributed by atoms with E-state index < -0.39 is 5.41 Å². The molecule has 164 valence electrons. The Hall–Kier alpha value is -3.02.